The number of hydrogen-bond donors (Lipinski definition) is 2. The second kappa shape index (κ2) is 5.93. The van der Waals surface area contributed by atoms with Crippen molar-refractivity contribution in [3.63, 3.8) is 0 Å². The van der Waals surface area contributed by atoms with E-state index in [0.717, 1.165) is 18.2 Å². The number of nitrogens with one attached hydrogen (secondary N) is 1. The Labute approximate surface area is 111 Å². The number of hydrogen-bond acceptors (Lipinski definition) is 6. The fraction of sp³-hybridized carbons (Fsp3) is 0.125. The number of benzene rings is 1. The third kappa shape index (κ3) is 4.13. The number of carboxylic acid groups (broad SMARTS) is 1. The van der Waals surface area contributed by atoms with E-state index in [0.29, 0.717) is 0 Å². The minimum atomic E-state index is -4.38. The van der Waals surface area contributed by atoms with E-state index in [1.807, 2.05) is 0 Å². The molecular weight excluding hydrogens is 304 g/mol. The van der Waals surface area contributed by atoms with Crippen molar-refractivity contribution in [3.05, 3.63) is 33.3 Å². The summed E-state index contributed by atoms with van der Waals surface area (Å²) in [6, 6.07) is 2.90. The highest BCUT2D eigenvalue weighted by Crippen LogP contribution is 2.26. The van der Waals surface area contributed by atoms with E-state index in [-0.39, 0.29) is 5.02 Å². The van der Waals surface area contributed by atoms with Gasteiger partial charge in [-0.3, -0.25) is 15.0 Å². The molecule has 0 fully saturated rings. The molecule has 11 heteroatoms. The van der Waals surface area contributed by atoms with Gasteiger partial charge in [-0.15, -0.1) is 0 Å². The van der Waals surface area contributed by atoms with Crippen LogP contribution in [0.15, 0.2) is 23.1 Å². The van der Waals surface area contributed by atoms with Crippen LogP contribution in [0, 0.1) is 10.1 Å². The van der Waals surface area contributed by atoms with Crippen LogP contribution in [-0.4, -0.2) is 31.0 Å². The zero-order valence-electron chi connectivity index (χ0n) is 9.07. The minimum Gasteiger partial charge on any atom is -0.479 e. The lowest BCUT2D eigenvalue weighted by atomic mass is 10.3. The molecule has 0 heterocycles. The number of nitrogens with zero attached hydrogens (tertiary/aromatic N) is 1. The van der Waals surface area contributed by atoms with Crippen molar-refractivity contribution in [2.24, 2.45) is 0 Å². The highest BCUT2D eigenvalue weighted by atomic mass is 35.5. The number of nitro groups is 1. The van der Waals surface area contributed by atoms with Gasteiger partial charge in [0.1, 0.15) is 0 Å². The molecule has 0 saturated carbocycles. The predicted molar refractivity (Wildman–Crippen MR) is 62.0 cm³/mol. The van der Waals surface area contributed by atoms with Gasteiger partial charge < -0.3 is 5.11 Å². The molecule has 0 aliphatic carbocycles. The average Bonchev–Trinajstić information content (AvgIpc) is 2.27. The number of halogens is 1. The van der Waals surface area contributed by atoms with Crippen molar-refractivity contribution in [1.29, 1.82) is 0 Å². The molecule has 1 aromatic rings. The van der Waals surface area contributed by atoms with Crippen LogP contribution in [0.1, 0.15) is 0 Å². The van der Waals surface area contributed by atoms with Gasteiger partial charge in [-0.05, 0) is 12.1 Å². The summed E-state index contributed by atoms with van der Waals surface area (Å²) in [5.41, 5.74) is -0.751. The maximum atomic E-state index is 11.7. The second-order valence-electron chi connectivity index (χ2n) is 3.14. The average molecular weight is 311 g/mol. The van der Waals surface area contributed by atoms with Crippen LogP contribution in [0.25, 0.3) is 0 Å². The fourth-order valence-corrected chi connectivity index (χ4v) is 2.20. The second-order valence-corrected chi connectivity index (χ2v) is 5.19. The number of aliphatic carboxylic acids is 1. The molecular formula is C8H7ClN2O7S. The quantitative estimate of drug-likeness (QED) is 0.578. The summed E-state index contributed by atoms with van der Waals surface area (Å²) in [5.74, 6) is -1.41. The molecule has 0 unspecified atom stereocenters. The van der Waals surface area contributed by atoms with Gasteiger partial charge >= 0.3 is 5.97 Å². The number of nitro benzene ring substituents is 1. The van der Waals surface area contributed by atoms with Gasteiger partial charge in [-0.25, -0.2) is 13.2 Å². The minimum absolute atomic E-state index is 0.0166. The summed E-state index contributed by atoms with van der Waals surface area (Å²) in [6.45, 7) is -0.930. The molecule has 0 bridgehead atoms. The van der Waals surface area contributed by atoms with Crippen molar-refractivity contribution in [2.45, 2.75) is 4.90 Å². The van der Waals surface area contributed by atoms with Gasteiger partial charge in [0.25, 0.3) is 15.7 Å². The zero-order valence-corrected chi connectivity index (χ0v) is 10.6. The highest BCUT2D eigenvalue weighted by molar-refractivity contribution is 7.89. The molecule has 0 spiro atoms. The largest absolute Gasteiger partial charge is 0.479 e. The molecule has 0 aliphatic heterocycles. The van der Waals surface area contributed by atoms with Crippen LogP contribution in [-0.2, 0) is 19.7 Å². The van der Waals surface area contributed by atoms with E-state index < -0.39 is 38.1 Å². The molecule has 9 nitrogen and oxygen atoms in total. The Morgan fingerprint density at radius 3 is 2.68 bits per heavy atom. The van der Waals surface area contributed by atoms with Crippen LogP contribution in [0.5, 0.6) is 0 Å². The predicted octanol–water partition coefficient (Wildman–Crippen LogP) is 0.543. The van der Waals surface area contributed by atoms with Crippen LogP contribution in [0.3, 0.4) is 0 Å². The van der Waals surface area contributed by atoms with Gasteiger partial charge in [0, 0.05) is 11.1 Å². The maximum absolute atomic E-state index is 11.7. The molecule has 1 rings (SSSR count). The van der Waals surface area contributed by atoms with Crippen LogP contribution < -0.4 is 4.89 Å². The van der Waals surface area contributed by atoms with Crippen LogP contribution in [0.4, 0.5) is 5.69 Å². The van der Waals surface area contributed by atoms with Gasteiger partial charge in [0.05, 0.1) is 4.92 Å². The molecule has 0 atom stereocenters. The summed E-state index contributed by atoms with van der Waals surface area (Å²) < 4.78 is 23.3. The Hall–Kier alpha value is -1.75. The van der Waals surface area contributed by atoms with Crippen molar-refractivity contribution >= 4 is 33.3 Å². The van der Waals surface area contributed by atoms with Gasteiger partial charge in [0.15, 0.2) is 11.5 Å². The first-order chi connectivity index (χ1) is 8.74. The number of sulfonamides is 1. The highest BCUT2D eigenvalue weighted by Gasteiger charge is 2.26. The molecule has 0 radical (unpaired) electrons. The molecule has 104 valence electrons. The number of rotatable bonds is 6. The Kier molecular flexibility index (Phi) is 4.78. The van der Waals surface area contributed by atoms with E-state index in [9.17, 15) is 23.3 Å². The monoisotopic (exact) mass is 310 g/mol. The molecule has 0 saturated heterocycles. The lowest BCUT2D eigenvalue weighted by molar-refractivity contribution is -0.387. The van der Waals surface area contributed by atoms with E-state index >= 15 is 0 Å². The first-order valence-electron chi connectivity index (χ1n) is 4.53. The lowest BCUT2D eigenvalue weighted by Gasteiger charge is -2.06. The first-order valence-corrected chi connectivity index (χ1v) is 6.39. The molecule has 0 aliphatic rings. The van der Waals surface area contributed by atoms with Crippen LogP contribution >= 0.6 is 11.6 Å². The van der Waals surface area contributed by atoms with E-state index in [4.69, 9.17) is 16.7 Å². The van der Waals surface area contributed by atoms with E-state index in [1.54, 1.807) is 0 Å². The number of carboxylic acids is 1. The topological polar surface area (TPSA) is 136 Å². The Balaban J connectivity index is 3.07. The standard InChI is InChI=1S/C8H7ClN2O7S/c9-5-1-2-7(6(3-5)11(14)15)19(16,17)10-18-4-8(12)13/h1-3,10H,4H2,(H,12,13). The third-order valence-electron chi connectivity index (χ3n) is 1.77. The lowest BCUT2D eigenvalue weighted by Crippen LogP contribution is -2.27. The Morgan fingerprint density at radius 2 is 2.16 bits per heavy atom. The normalized spacial score (nSPS) is 11.2. The molecule has 0 aromatic heterocycles. The van der Waals surface area contributed by atoms with Crippen molar-refractivity contribution < 1.29 is 28.1 Å². The summed E-state index contributed by atoms with van der Waals surface area (Å²) in [7, 11) is -4.38. The van der Waals surface area contributed by atoms with Crippen molar-refractivity contribution in [3.8, 4) is 0 Å². The summed E-state index contributed by atoms with van der Waals surface area (Å²) in [6.07, 6.45) is 0. The Bertz CT molecular complexity index is 616. The fourth-order valence-electron chi connectivity index (χ4n) is 1.07. The van der Waals surface area contributed by atoms with E-state index in [2.05, 4.69) is 4.84 Å². The van der Waals surface area contributed by atoms with Crippen LogP contribution in [0.2, 0.25) is 5.02 Å². The Morgan fingerprint density at radius 1 is 1.53 bits per heavy atom. The number of carbonyl (C=O) groups is 1. The van der Waals surface area contributed by atoms with E-state index in [1.165, 1.54) is 4.89 Å². The smallest absolute Gasteiger partial charge is 0.331 e. The summed E-state index contributed by atoms with van der Waals surface area (Å²) >= 11 is 5.53. The summed E-state index contributed by atoms with van der Waals surface area (Å²) in [5, 5.41) is 19.0. The van der Waals surface area contributed by atoms with Crippen molar-refractivity contribution in [2.75, 3.05) is 6.61 Å². The van der Waals surface area contributed by atoms with Gasteiger partial charge in [0.2, 0.25) is 0 Å². The maximum Gasteiger partial charge on any atom is 0.331 e. The first kappa shape index (κ1) is 15.3. The van der Waals surface area contributed by atoms with Crippen molar-refractivity contribution in [1.82, 2.24) is 4.89 Å². The SMILES string of the molecule is O=C(O)CONS(=O)(=O)c1ccc(Cl)cc1[N+](=O)[O-]. The molecule has 19 heavy (non-hydrogen) atoms. The summed E-state index contributed by atoms with van der Waals surface area (Å²) in [4.78, 5) is 24.9. The molecule has 2 N–H and O–H groups in total. The van der Waals surface area contributed by atoms with Gasteiger partial charge in [-0.1, -0.05) is 16.5 Å². The molecule has 0 amide bonds. The third-order valence-corrected chi connectivity index (χ3v) is 3.27. The molecule has 1 aromatic carbocycles. The zero-order chi connectivity index (χ0) is 14.6. The van der Waals surface area contributed by atoms with Gasteiger partial charge in [-0.2, -0.15) is 0 Å².